The van der Waals surface area contributed by atoms with Gasteiger partial charge in [0.2, 0.25) is 0 Å². The fraction of sp³-hybridized carbons (Fsp3) is 0.722. The van der Waals surface area contributed by atoms with Crippen LogP contribution in [0.3, 0.4) is 0 Å². The zero-order valence-corrected chi connectivity index (χ0v) is 15.4. The molecule has 0 bridgehead atoms. The molecule has 25 heavy (non-hydrogen) atoms. The number of carbonyl (C=O) groups excluding carboxylic acids is 1. The zero-order chi connectivity index (χ0) is 18.0. The first kappa shape index (κ1) is 18.1. The number of nitrogens with zero attached hydrogens (tertiary/aromatic N) is 3. The quantitative estimate of drug-likeness (QED) is 0.882. The van der Waals surface area contributed by atoms with Crippen LogP contribution in [-0.4, -0.2) is 71.1 Å². The van der Waals surface area contributed by atoms with E-state index in [0.717, 1.165) is 39.1 Å². The van der Waals surface area contributed by atoms with E-state index in [1.54, 1.807) is 4.90 Å². The molecule has 3 rings (SSSR count). The zero-order valence-electron chi connectivity index (χ0n) is 15.4. The molecule has 0 aromatic carbocycles. The summed E-state index contributed by atoms with van der Waals surface area (Å²) in [7, 11) is 0. The Morgan fingerprint density at radius 1 is 1.32 bits per heavy atom. The van der Waals surface area contributed by atoms with Gasteiger partial charge in [-0.15, -0.1) is 0 Å². The maximum absolute atomic E-state index is 12.7. The summed E-state index contributed by atoms with van der Waals surface area (Å²) in [6.45, 7) is 10.6. The van der Waals surface area contributed by atoms with Crippen LogP contribution in [0.15, 0.2) is 11.0 Å². The molecular formula is C18H28N4O3. The number of hydrogen-bond acceptors (Lipinski definition) is 5. The molecule has 0 unspecified atom stereocenters. The summed E-state index contributed by atoms with van der Waals surface area (Å²) in [5, 5.41) is 0. The summed E-state index contributed by atoms with van der Waals surface area (Å²) < 4.78 is 5.68. The average molecular weight is 348 g/mol. The highest BCUT2D eigenvalue weighted by Gasteiger charge is 2.27. The molecule has 3 heterocycles. The van der Waals surface area contributed by atoms with E-state index < -0.39 is 0 Å². The molecule has 2 aliphatic heterocycles. The molecule has 1 atom stereocenters. The van der Waals surface area contributed by atoms with Crippen molar-refractivity contribution in [2.45, 2.75) is 45.1 Å². The Balaban J connectivity index is 1.60. The Kier molecular flexibility index (Phi) is 5.24. The number of hydrogen-bond donors (Lipinski definition) is 1. The Morgan fingerprint density at radius 3 is 2.60 bits per heavy atom. The van der Waals surface area contributed by atoms with Gasteiger partial charge in [-0.2, -0.15) is 0 Å². The molecule has 2 fully saturated rings. The highest BCUT2D eigenvalue weighted by Crippen LogP contribution is 2.17. The predicted molar refractivity (Wildman–Crippen MR) is 94.9 cm³/mol. The van der Waals surface area contributed by atoms with Gasteiger partial charge in [0, 0.05) is 50.9 Å². The molecule has 0 aliphatic carbocycles. The number of H-pyrrole nitrogens is 1. The van der Waals surface area contributed by atoms with Crippen LogP contribution in [0.2, 0.25) is 0 Å². The van der Waals surface area contributed by atoms with E-state index >= 15 is 0 Å². The normalized spacial score (nSPS) is 22.4. The average Bonchev–Trinajstić information content (AvgIpc) is 3.07. The minimum Gasteiger partial charge on any atom is -0.377 e. The van der Waals surface area contributed by atoms with E-state index in [1.165, 1.54) is 6.20 Å². The van der Waals surface area contributed by atoms with E-state index in [2.05, 4.69) is 14.9 Å². The van der Waals surface area contributed by atoms with Crippen molar-refractivity contribution in [3.05, 3.63) is 27.9 Å². The van der Waals surface area contributed by atoms with E-state index in [4.69, 9.17) is 4.74 Å². The Hall–Kier alpha value is -1.73. The number of nitrogens with one attached hydrogen (secondary N) is 1. The Morgan fingerprint density at radius 2 is 2.04 bits per heavy atom. The molecule has 0 saturated carbocycles. The number of ether oxygens (including phenoxy) is 1. The van der Waals surface area contributed by atoms with Crippen molar-refractivity contribution >= 4 is 5.91 Å². The standard InChI is InChI=1S/C18H28N4O3/c1-18(2,3)17-19-11-14(15(23)20-17)16(24)22-8-6-21(7-9-22)12-13-5-4-10-25-13/h11,13H,4-10,12H2,1-3H3,(H,19,20,23)/t13-/m1/s1. The lowest BCUT2D eigenvalue weighted by Crippen LogP contribution is -2.51. The van der Waals surface area contributed by atoms with Gasteiger partial charge in [0.1, 0.15) is 11.4 Å². The Labute approximate surface area is 148 Å². The van der Waals surface area contributed by atoms with Gasteiger partial charge in [-0.1, -0.05) is 20.8 Å². The molecule has 0 radical (unpaired) electrons. The smallest absolute Gasteiger partial charge is 0.263 e. The summed E-state index contributed by atoms with van der Waals surface area (Å²) in [5.74, 6) is 0.362. The van der Waals surface area contributed by atoms with Crippen molar-refractivity contribution in [2.75, 3.05) is 39.3 Å². The van der Waals surface area contributed by atoms with E-state index in [0.29, 0.717) is 25.0 Å². The third-order valence-electron chi connectivity index (χ3n) is 4.89. The molecule has 7 heteroatoms. The van der Waals surface area contributed by atoms with Crippen LogP contribution in [-0.2, 0) is 10.2 Å². The molecule has 1 N–H and O–H groups in total. The third kappa shape index (κ3) is 4.27. The van der Waals surface area contributed by atoms with Crippen molar-refractivity contribution < 1.29 is 9.53 Å². The Bertz CT molecular complexity index is 666. The summed E-state index contributed by atoms with van der Waals surface area (Å²) in [4.78, 5) is 36.1. The van der Waals surface area contributed by atoms with Gasteiger partial charge in [0.05, 0.1) is 6.10 Å². The second-order valence-electron chi connectivity index (χ2n) is 7.95. The van der Waals surface area contributed by atoms with Gasteiger partial charge in [0.25, 0.3) is 11.5 Å². The number of carbonyl (C=O) groups is 1. The van der Waals surface area contributed by atoms with Crippen LogP contribution in [0.1, 0.15) is 49.8 Å². The van der Waals surface area contributed by atoms with Crippen molar-refractivity contribution in [3.63, 3.8) is 0 Å². The van der Waals surface area contributed by atoms with E-state index in [9.17, 15) is 9.59 Å². The largest absolute Gasteiger partial charge is 0.377 e. The van der Waals surface area contributed by atoms with Gasteiger partial charge in [-0.25, -0.2) is 4.98 Å². The minimum atomic E-state index is -0.355. The van der Waals surface area contributed by atoms with Crippen molar-refractivity contribution in [1.29, 1.82) is 0 Å². The molecule has 0 spiro atoms. The lowest BCUT2D eigenvalue weighted by Gasteiger charge is -2.35. The van der Waals surface area contributed by atoms with Gasteiger partial charge in [0.15, 0.2) is 0 Å². The van der Waals surface area contributed by atoms with E-state index in [-0.39, 0.29) is 22.4 Å². The predicted octanol–water partition coefficient (Wildman–Crippen LogP) is 1.00. The van der Waals surface area contributed by atoms with Crippen LogP contribution < -0.4 is 5.56 Å². The second-order valence-corrected chi connectivity index (χ2v) is 7.95. The lowest BCUT2D eigenvalue weighted by atomic mass is 9.96. The number of aromatic nitrogens is 2. The number of piperazine rings is 1. The first-order valence-corrected chi connectivity index (χ1v) is 9.07. The van der Waals surface area contributed by atoms with Crippen LogP contribution in [0.5, 0.6) is 0 Å². The molecule has 138 valence electrons. The molecule has 1 aromatic heterocycles. The molecule has 1 aromatic rings. The maximum atomic E-state index is 12.7. The summed E-state index contributed by atoms with van der Waals surface area (Å²) in [5.41, 5.74) is -0.485. The number of amides is 1. The molecule has 7 nitrogen and oxygen atoms in total. The summed E-state index contributed by atoms with van der Waals surface area (Å²) in [6.07, 6.45) is 4.02. The maximum Gasteiger partial charge on any atom is 0.263 e. The van der Waals surface area contributed by atoms with Gasteiger partial charge < -0.3 is 14.6 Å². The monoisotopic (exact) mass is 348 g/mol. The first-order chi connectivity index (χ1) is 11.8. The van der Waals surface area contributed by atoms with Crippen LogP contribution in [0.4, 0.5) is 0 Å². The fourth-order valence-corrected chi connectivity index (χ4v) is 3.31. The van der Waals surface area contributed by atoms with Crippen LogP contribution >= 0.6 is 0 Å². The van der Waals surface area contributed by atoms with Crippen molar-refractivity contribution in [2.24, 2.45) is 0 Å². The fourth-order valence-electron chi connectivity index (χ4n) is 3.31. The summed E-state index contributed by atoms with van der Waals surface area (Å²) >= 11 is 0. The highest BCUT2D eigenvalue weighted by atomic mass is 16.5. The number of aromatic amines is 1. The number of rotatable bonds is 3. The lowest BCUT2D eigenvalue weighted by molar-refractivity contribution is 0.0431. The topological polar surface area (TPSA) is 78.5 Å². The van der Waals surface area contributed by atoms with Gasteiger partial charge >= 0.3 is 0 Å². The van der Waals surface area contributed by atoms with Gasteiger partial charge in [-0.05, 0) is 12.8 Å². The molecule has 2 saturated heterocycles. The van der Waals surface area contributed by atoms with E-state index in [1.807, 2.05) is 20.8 Å². The van der Waals surface area contributed by atoms with Crippen molar-refractivity contribution in [3.8, 4) is 0 Å². The van der Waals surface area contributed by atoms with Crippen LogP contribution in [0.25, 0.3) is 0 Å². The highest BCUT2D eigenvalue weighted by molar-refractivity contribution is 5.93. The minimum absolute atomic E-state index is 0.126. The third-order valence-corrected chi connectivity index (χ3v) is 4.89. The molecule has 2 aliphatic rings. The first-order valence-electron chi connectivity index (χ1n) is 9.07. The summed E-state index contributed by atoms with van der Waals surface area (Å²) in [6, 6.07) is 0. The second kappa shape index (κ2) is 7.25. The van der Waals surface area contributed by atoms with Crippen LogP contribution in [0, 0.1) is 0 Å². The molecular weight excluding hydrogens is 320 g/mol. The SMILES string of the molecule is CC(C)(C)c1ncc(C(=O)N2CCN(C[C@H]3CCCO3)CC2)c(=O)[nH]1. The molecule has 1 amide bonds. The van der Waals surface area contributed by atoms with Gasteiger partial charge in [-0.3, -0.25) is 14.5 Å². The van der Waals surface area contributed by atoms with Crippen molar-refractivity contribution in [1.82, 2.24) is 19.8 Å².